The second kappa shape index (κ2) is 7.65. The zero-order valence-corrected chi connectivity index (χ0v) is 14.9. The third kappa shape index (κ3) is 3.77. The van der Waals surface area contributed by atoms with Crippen molar-refractivity contribution in [2.24, 2.45) is 0 Å². The van der Waals surface area contributed by atoms with Gasteiger partial charge < -0.3 is 10.6 Å². The van der Waals surface area contributed by atoms with E-state index in [0.717, 1.165) is 5.69 Å². The van der Waals surface area contributed by atoms with Gasteiger partial charge in [0.15, 0.2) is 5.69 Å². The van der Waals surface area contributed by atoms with Gasteiger partial charge in [-0.2, -0.15) is 5.10 Å². The Morgan fingerprint density at radius 2 is 1.63 bits per heavy atom. The molecule has 2 amide bonds. The van der Waals surface area contributed by atoms with Crippen molar-refractivity contribution in [3.05, 3.63) is 87.8 Å². The summed E-state index contributed by atoms with van der Waals surface area (Å²) < 4.78 is 1.53. The number of nitrogens with one attached hydrogen (secondary N) is 2. The largest absolute Gasteiger partial charge is 0.355 e. The molecule has 0 aliphatic heterocycles. The molecule has 0 spiro atoms. The molecule has 0 saturated carbocycles. The zero-order valence-electron chi connectivity index (χ0n) is 14.9. The third-order valence-electron chi connectivity index (χ3n) is 3.97. The maximum absolute atomic E-state index is 12.7. The van der Waals surface area contributed by atoms with Crippen LogP contribution < -0.4 is 16.1 Å². The number of aryl methyl sites for hydroxylation is 1. The molecule has 0 bridgehead atoms. The topological polar surface area (TPSA) is 93.1 Å². The van der Waals surface area contributed by atoms with Crippen molar-refractivity contribution in [3.8, 4) is 5.69 Å². The Labute approximate surface area is 155 Å². The summed E-state index contributed by atoms with van der Waals surface area (Å²) in [4.78, 5) is 36.9. The molecule has 1 aromatic heterocycles. The number of hydrogen-bond acceptors (Lipinski definition) is 4. The van der Waals surface area contributed by atoms with Crippen molar-refractivity contribution in [2.45, 2.75) is 6.92 Å². The summed E-state index contributed by atoms with van der Waals surface area (Å²) in [6.07, 6.45) is 0. The van der Waals surface area contributed by atoms with Crippen molar-refractivity contribution >= 4 is 17.5 Å². The van der Waals surface area contributed by atoms with Gasteiger partial charge in [-0.15, -0.1) is 0 Å². The molecule has 0 aliphatic rings. The summed E-state index contributed by atoms with van der Waals surface area (Å²) in [5, 5.41) is 9.34. The van der Waals surface area contributed by atoms with Crippen LogP contribution >= 0.6 is 0 Å². The highest BCUT2D eigenvalue weighted by Gasteiger charge is 2.18. The molecule has 0 saturated heterocycles. The van der Waals surface area contributed by atoms with E-state index in [1.807, 2.05) is 30.3 Å². The SMILES string of the molecule is CNC(=O)c1ccccc1NC(=O)c1nn(-c2ccccc2)c(C)cc1=O. The molecule has 2 aromatic carbocycles. The fraction of sp³-hybridized carbons (Fsp3) is 0.100. The Morgan fingerprint density at radius 3 is 2.33 bits per heavy atom. The molecule has 3 aromatic rings. The Hall–Kier alpha value is -3.74. The molecular formula is C20H18N4O3. The number of aromatic nitrogens is 2. The molecule has 0 unspecified atom stereocenters. The molecule has 7 heteroatoms. The maximum Gasteiger partial charge on any atom is 0.280 e. The standard InChI is InChI=1S/C20H18N4O3/c1-13-12-17(25)18(23-24(13)14-8-4-3-5-9-14)20(27)22-16-11-7-6-10-15(16)19(26)21-2/h3-12H,1-2H3,(H,21,26)(H,22,27). The van der Waals surface area contributed by atoms with Gasteiger partial charge in [-0.05, 0) is 31.2 Å². The molecule has 0 radical (unpaired) electrons. The first kappa shape index (κ1) is 18.1. The lowest BCUT2D eigenvalue weighted by Gasteiger charge is -2.12. The minimum Gasteiger partial charge on any atom is -0.355 e. The van der Waals surface area contributed by atoms with E-state index >= 15 is 0 Å². The predicted molar refractivity (Wildman–Crippen MR) is 102 cm³/mol. The minimum atomic E-state index is -0.680. The van der Waals surface area contributed by atoms with Crippen LogP contribution in [0.25, 0.3) is 5.69 Å². The molecule has 0 aliphatic carbocycles. The summed E-state index contributed by atoms with van der Waals surface area (Å²) in [5.74, 6) is -1.02. The molecule has 7 nitrogen and oxygen atoms in total. The number of para-hydroxylation sites is 2. The lowest BCUT2D eigenvalue weighted by Crippen LogP contribution is -2.28. The van der Waals surface area contributed by atoms with E-state index in [1.165, 1.54) is 17.8 Å². The Morgan fingerprint density at radius 1 is 0.963 bits per heavy atom. The molecule has 3 rings (SSSR count). The molecule has 0 fully saturated rings. The first-order valence-electron chi connectivity index (χ1n) is 8.30. The Balaban J connectivity index is 1.99. The van der Waals surface area contributed by atoms with Crippen LogP contribution in [0.4, 0.5) is 5.69 Å². The van der Waals surface area contributed by atoms with Crippen molar-refractivity contribution < 1.29 is 9.59 Å². The number of anilines is 1. The first-order valence-corrected chi connectivity index (χ1v) is 8.30. The van der Waals surface area contributed by atoms with Crippen LogP contribution in [0.2, 0.25) is 0 Å². The Bertz CT molecular complexity index is 1060. The van der Waals surface area contributed by atoms with E-state index in [-0.39, 0.29) is 11.6 Å². The van der Waals surface area contributed by atoms with Gasteiger partial charge in [0.2, 0.25) is 5.43 Å². The van der Waals surface area contributed by atoms with E-state index in [0.29, 0.717) is 16.9 Å². The van der Waals surface area contributed by atoms with Crippen molar-refractivity contribution in [2.75, 3.05) is 12.4 Å². The lowest BCUT2D eigenvalue weighted by atomic mass is 10.1. The van der Waals surface area contributed by atoms with Gasteiger partial charge in [-0.1, -0.05) is 30.3 Å². The highest BCUT2D eigenvalue weighted by molar-refractivity contribution is 6.08. The average Bonchev–Trinajstić information content (AvgIpc) is 2.68. The number of benzene rings is 2. The second-order valence-electron chi connectivity index (χ2n) is 5.82. The fourth-order valence-corrected chi connectivity index (χ4v) is 2.64. The van der Waals surface area contributed by atoms with Crippen molar-refractivity contribution in [1.82, 2.24) is 15.1 Å². The van der Waals surface area contributed by atoms with Crippen LogP contribution in [0.5, 0.6) is 0 Å². The van der Waals surface area contributed by atoms with E-state index in [9.17, 15) is 14.4 Å². The van der Waals surface area contributed by atoms with Crippen molar-refractivity contribution in [1.29, 1.82) is 0 Å². The zero-order chi connectivity index (χ0) is 19.4. The van der Waals surface area contributed by atoms with Crippen LogP contribution in [-0.2, 0) is 0 Å². The lowest BCUT2D eigenvalue weighted by molar-refractivity contribution is 0.0964. The van der Waals surface area contributed by atoms with E-state index in [2.05, 4.69) is 15.7 Å². The van der Waals surface area contributed by atoms with Gasteiger partial charge >= 0.3 is 0 Å². The highest BCUT2D eigenvalue weighted by atomic mass is 16.2. The van der Waals surface area contributed by atoms with Gasteiger partial charge in [0.25, 0.3) is 11.8 Å². The average molecular weight is 362 g/mol. The molecule has 0 atom stereocenters. The summed E-state index contributed by atoms with van der Waals surface area (Å²) in [5.41, 5.74) is 1.19. The van der Waals surface area contributed by atoms with E-state index in [4.69, 9.17) is 0 Å². The number of rotatable bonds is 4. The number of amides is 2. The monoisotopic (exact) mass is 362 g/mol. The first-order chi connectivity index (χ1) is 13.0. The third-order valence-corrected chi connectivity index (χ3v) is 3.97. The van der Waals surface area contributed by atoms with Gasteiger partial charge in [0.1, 0.15) is 0 Å². The number of carbonyl (C=O) groups is 2. The smallest absolute Gasteiger partial charge is 0.280 e. The van der Waals surface area contributed by atoms with Crippen LogP contribution in [0, 0.1) is 6.92 Å². The van der Waals surface area contributed by atoms with Crippen molar-refractivity contribution in [3.63, 3.8) is 0 Å². The molecule has 136 valence electrons. The number of carbonyl (C=O) groups excluding carboxylic acids is 2. The van der Waals surface area contributed by atoms with Gasteiger partial charge in [-0.3, -0.25) is 14.4 Å². The van der Waals surface area contributed by atoms with Crippen LogP contribution in [0.15, 0.2) is 65.5 Å². The van der Waals surface area contributed by atoms with E-state index in [1.54, 1.807) is 31.2 Å². The maximum atomic E-state index is 12.7. The van der Waals surface area contributed by atoms with Gasteiger partial charge in [0, 0.05) is 18.8 Å². The predicted octanol–water partition coefficient (Wildman–Crippen LogP) is 2.15. The van der Waals surface area contributed by atoms with E-state index < -0.39 is 11.3 Å². The second-order valence-corrected chi connectivity index (χ2v) is 5.82. The quantitative estimate of drug-likeness (QED) is 0.744. The van der Waals surface area contributed by atoms with Gasteiger partial charge in [-0.25, -0.2) is 4.68 Å². The van der Waals surface area contributed by atoms with Crippen LogP contribution in [-0.4, -0.2) is 28.6 Å². The summed E-state index contributed by atoms with van der Waals surface area (Å²) >= 11 is 0. The summed E-state index contributed by atoms with van der Waals surface area (Å²) in [6, 6.07) is 17.1. The van der Waals surface area contributed by atoms with Crippen LogP contribution in [0.1, 0.15) is 26.5 Å². The molecule has 27 heavy (non-hydrogen) atoms. The molecular weight excluding hydrogens is 344 g/mol. The highest BCUT2D eigenvalue weighted by Crippen LogP contribution is 2.16. The minimum absolute atomic E-state index is 0.254. The normalized spacial score (nSPS) is 10.3. The molecule has 1 heterocycles. The van der Waals surface area contributed by atoms with Crippen LogP contribution in [0.3, 0.4) is 0 Å². The fourth-order valence-electron chi connectivity index (χ4n) is 2.64. The van der Waals surface area contributed by atoms with Gasteiger partial charge in [0.05, 0.1) is 16.9 Å². The Kier molecular flexibility index (Phi) is 5.12. The summed E-state index contributed by atoms with van der Waals surface area (Å²) in [7, 11) is 1.50. The molecule has 2 N–H and O–H groups in total. The number of hydrogen-bond donors (Lipinski definition) is 2. The number of nitrogens with zero attached hydrogens (tertiary/aromatic N) is 2. The summed E-state index contributed by atoms with van der Waals surface area (Å²) in [6.45, 7) is 1.74.